The molecule has 0 radical (unpaired) electrons. The van der Waals surface area contributed by atoms with Crippen molar-refractivity contribution in [2.24, 2.45) is 5.73 Å². The molecule has 106 valence electrons. The van der Waals surface area contributed by atoms with Gasteiger partial charge < -0.3 is 10.5 Å². The first-order valence-electron chi connectivity index (χ1n) is 6.06. The number of carbonyl (C=O) groups is 1. The summed E-state index contributed by atoms with van der Waals surface area (Å²) < 4.78 is 41.7. The van der Waals surface area contributed by atoms with Crippen molar-refractivity contribution in [2.45, 2.75) is 44.4 Å². The molecule has 1 aliphatic carbocycles. The second-order valence-electron chi connectivity index (χ2n) is 4.46. The lowest BCUT2D eigenvalue weighted by Crippen LogP contribution is -2.41. The molecule has 0 spiro atoms. The fourth-order valence-corrected chi connectivity index (χ4v) is 1.73. The average molecular weight is 268 g/mol. The van der Waals surface area contributed by atoms with Crippen LogP contribution in [0.15, 0.2) is 0 Å². The molecule has 18 heavy (non-hydrogen) atoms. The number of ether oxygens (including phenoxy) is 1. The summed E-state index contributed by atoms with van der Waals surface area (Å²) in [5.74, 6) is -0.555. The van der Waals surface area contributed by atoms with Crippen molar-refractivity contribution in [3.63, 3.8) is 0 Å². The highest BCUT2D eigenvalue weighted by atomic mass is 19.4. The molecule has 0 saturated heterocycles. The van der Waals surface area contributed by atoms with Crippen LogP contribution in [0.25, 0.3) is 0 Å². The van der Waals surface area contributed by atoms with Crippen molar-refractivity contribution in [3.05, 3.63) is 0 Å². The molecule has 2 N–H and O–H groups in total. The van der Waals surface area contributed by atoms with Gasteiger partial charge >= 0.3 is 12.1 Å². The Morgan fingerprint density at radius 2 is 2.11 bits per heavy atom. The van der Waals surface area contributed by atoms with Gasteiger partial charge in [-0.15, -0.1) is 0 Å². The minimum Gasteiger partial charge on any atom is -0.465 e. The van der Waals surface area contributed by atoms with E-state index in [9.17, 15) is 18.0 Å². The molecule has 0 aliphatic heterocycles. The van der Waals surface area contributed by atoms with Gasteiger partial charge in [-0.3, -0.25) is 9.69 Å². The minimum absolute atomic E-state index is 0.0129. The van der Waals surface area contributed by atoms with Crippen LogP contribution in [0.4, 0.5) is 13.2 Å². The lowest BCUT2D eigenvalue weighted by Gasteiger charge is -2.24. The van der Waals surface area contributed by atoms with Crippen LogP contribution in [-0.2, 0) is 9.53 Å². The number of nitrogens with zero attached hydrogens (tertiary/aromatic N) is 1. The van der Waals surface area contributed by atoms with E-state index < -0.39 is 24.7 Å². The summed E-state index contributed by atoms with van der Waals surface area (Å²) in [4.78, 5) is 12.6. The highest BCUT2D eigenvalue weighted by Crippen LogP contribution is 2.30. The normalized spacial score (nSPS) is 17.9. The highest BCUT2D eigenvalue weighted by Gasteiger charge is 2.38. The number of hydrogen-bond acceptors (Lipinski definition) is 4. The molecule has 1 atom stereocenters. The molecule has 1 fully saturated rings. The lowest BCUT2D eigenvalue weighted by molar-refractivity contribution is -0.148. The van der Waals surface area contributed by atoms with Gasteiger partial charge in [-0.05, 0) is 26.2 Å². The molecular formula is C11H19F3N2O2. The van der Waals surface area contributed by atoms with Crippen molar-refractivity contribution in [1.82, 2.24) is 4.90 Å². The Morgan fingerprint density at radius 1 is 1.50 bits per heavy atom. The number of rotatable bonds is 7. The number of carbonyl (C=O) groups excluding carboxylic acids is 1. The van der Waals surface area contributed by atoms with E-state index in [0.717, 1.165) is 12.8 Å². The van der Waals surface area contributed by atoms with Crippen LogP contribution in [-0.4, -0.2) is 48.8 Å². The number of nitrogens with two attached hydrogens (primary N) is 1. The van der Waals surface area contributed by atoms with Gasteiger partial charge in [-0.2, -0.15) is 13.2 Å². The molecule has 7 heteroatoms. The van der Waals surface area contributed by atoms with Crippen LogP contribution in [0.3, 0.4) is 0 Å². The maximum atomic E-state index is 12.3. The van der Waals surface area contributed by atoms with E-state index in [1.54, 1.807) is 6.92 Å². The Morgan fingerprint density at radius 3 is 2.56 bits per heavy atom. The van der Waals surface area contributed by atoms with Gasteiger partial charge in [0.15, 0.2) is 0 Å². The average Bonchev–Trinajstić information content (AvgIpc) is 3.06. The smallest absolute Gasteiger partial charge is 0.401 e. The number of hydrogen-bond donors (Lipinski definition) is 1. The third-order valence-electron chi connectivity index (χ3n) is 2.76. The molecule has 0 bridgehead atoms. The zero-order valence-corrected chi connectivity index (χ0v) is 10.4. The minimum atomic E-state index is -4.21. The maximum absolute atomic E-state index is 12.3. The van der Waals surface area contributed by atoms with Gasteiger partial charge in [0.1, 0.15) is 6.04 Å². The number of halogens is 3. The third kappa shape index (κ3) is 5.68. The summed E-state index contributed by atoms with van der Waals surface area (Å²) in [6.45, 7) is 1.11. The lowest BCUT2D eigenvalue weighted by atomic mass is 10.2. The molecule has 1 rings (SSSR count). The zero-order chi connectivity index (χ0) is 13.8. The van der Waals surface area contributed by atoms with Crippen molar-refractivity contribution in [3.8, 4) is 0 Å². The van der Waals surface area contributed by atoms with E-state index in [4.69, 9.17) is 10.5 Å². The molecule has 0 aromatic carbocycles. The second-order valence-corrected chi connectivity index (χ2v) is 4.46. The van der Waals surface area contributed by atoms with Crippen LogP contribution in [0, 0.1) is 0 Å². The van der Waals surface area contributed by atoms with E-state index in [1.165, 1.54) is 4.90 Å². The second kappa shape index (κ2) is 6.38. The fourth-order valence-electron chi connectivity index (χ4n) is 1.73. The quantitative estimate of drug-likeness (QED) is 0.707. The Bertz CT molecular complexity index is 280. The summed E-state index contributed by atoms with van der Waals surface area (Å²) >= 11 is 0. The van der Waals surface area contributed by atoms with Crippen molar-refractivity contribution in [2.75, 3.05) is 19.7 Å². The SMILES string of the molecule is CCOC(=O)C(N)CCN(CC(F)(F)F)C1CC1. The summed E-state index contributed by atoms with van der Waals surface area (Å²) in [5.41, 5.74) is 5.55. The molecule has 1 saturated carbocycles. The molecule has 1 aliphatic rings. The van der Waals surface area contributed by atoms with E-state index in [2.05, 4.69) is 0 Å². The predicted molar refractivity (Wildman–Crippen MR) is 59.9 cm³/mol. The molecule has 0 aromatic rings. The predicted octanol–water partition coefficient (Wildman–Crippen LogP) is 1.29. The van der Waals surface area contributed by atoms with Gasteiger partial charge in [-0.25, -0.2) is 0 Å². The molecular weight excluding hydrogens is 249 g/mol. The van der Waals surface area contributed by atoms with Crippen LogP contribution >= 0.6 is 0 Å². The standard InChI is InChI=1S/C11H19F3N2O2/c1-2-18-10(17)9(15)5-6-16(8-3-4-8)7-11(12,13)14/h8-9H,2-7,15H2,1H3. The number of esters is 1. The van der Waals surface area contributed by atoms with Crippen LogP contribution < -0.4 is 5.73 Å². The van der Waals surface area contributed by atoms with Crippen molar-refractivity contribution in [1.29, 1.82) is 0 Å². The van der Waals surface area contributed by atoms with Gasteiger partial charge in [0.2, 0.25) is 0 Å². The monoisotopic (exact) mass is 268 g/mol. The molecule has 4 nitrogen and oxygen atoms in total. The summed E-state index contributed by atoms with van der Waals surface area (Å²) in [5, 5.41) is 0. The number of alkyl halides is 3. The van der Waals surface area contributed by atoms with Gasteiger partial charge in [0.05, 0.1) is 13.2 Å². The molecule has 0 heterocycles. The van der Waals surface area contributed by atoms with E-state index in [-0.39, 0.29) is 25.6 Å². The van der Waals surface area contributed by atoms with E-state index in [1.807, 2.05) is 0 Å². The first-order valence-corrected chi connectivity index (χ1v) is 6.06. The van der Waals surface area contributed by atoms with Crippen molar-refractivity contribution < 1.29 is 22.7 Å². The van der Waals surface area contributed by atoms with Crippen LogP contribution in [0.5, 0.6) is 0 Å². The Labute approximate surface area is 104 Å². The topological polar surface area (TPSA) is 55.6 Å². The Balaban J connectivity index is 2.35. The van der Waals surface area contributed by atoms with Crippen LogP contribution in [0.2, 0.25) is 0 Å². The van der Waals surface area contributed by atoms with E-state index >= 15 is 0 Å². The molecule has 1 unspecified atom stereocenters. The summed E-state index contributed by atoms with van der Waals surface area (Å²) in [6.07, 6.45) is -2.46. The largest absolute Gasteiger partial charge is 0.465 e. The Hall–Kier alpha value is -0.820. The fraction of sp³-hybridized carbons (Fsp3) is 0.909. The first-order chi connectivity index (χ1) is 8.33. The summed E-state index contributed by atoms with van der Waals surface area (Å²) in [6, 6.07) is -0.861. The van der Waals surface area contributed by atoms with E-state index in [0.29, 0.717) is 0 Å². The third-order valence-corrected chi connectivity index (χ3v) is 2.76. The maximum Gasteiger partial charge on any atom is 0.401 e. The van der Waals surface area contributed by atoms with Gasteiger partial charge in [0, 0.05) is 12.6 Å². The molecule has 0 aromatic heterocycles. The molecule has 0 amide bonds. The first kappa shape index (κ1) is 15.2. The Kier molecular flexibility index (Phi) is 5.40. The van der Waals surface area contributed by atoms with Crippen LogP contribution in [0.1, 0.15) is 26.2 Å². The summed E-state index contributed by atoms with van der Waals surface area (Å²) in [7, 11) is 0. The highest BCUT2D eigenvalue weighted by molar-refractivity contribution is 5.75. The van der Waals surface area contributed by atoms with Crippen molar-refractivity contribution >= 4 is 5.97 Å². The van der Waals surface area contributed by atoms with Gasteiger partial charge in [-0.1, -0.05) is 0 Å². The zero-order valence-electron chi connectivity index (χ0n) is 10.4. The van der Waals surface area contributed by atoms with Gasteiger partial charge in [0.25, 0.3) is 0 Å².